The quantitative estimate of drug-likeness (QED) is 0.515. The number of nitrogens with one attached hydrogen (secondary N) is 1. The summed E-state index contributed by atoms with van der Waals surface area (Å²) in [6, 6.07) is 0.698. The van der Waals surface area contributed by atoms with E-state index in [1.165, 1.54) is 12.8 Å². The van der Waals surface area contributed by atoms with Gasteiger partial charge in [0.1, 0.15) is 0 Å². The molecule has 0 aromatic carbocycles. The molecule has 1 aliphatic rings. The van der Waals surface area contributed by atoms with Gasteiger partial charge in [-0.05, 0) is 39.5 Å². The van der Waals surface area contributed by atoms with Gasteiger partial charge in [0, 0.05) is 11.6 Å². The Labute approximate surface area is 82.5 Å². The van der Waals surface area contributed by atoms with Crippen LogP contribution in [0.5, 0.6) is 0 Å². The molecule has 1 heterocycles. The Morgan fingerprint density at radius 3 is 2.18 bits per heavy atom. The van der Waals surface area contributed by atoms with Gasteiger partial charge in [0.25, 0.3) is 0 Å². The molecule has 1 nitrogen and oxygen atoms in total. The fourth-order valence-corrected chi connectivity index (χ4v) is 1.67. The molecular formula is C9H20LiN. The monoisotopic (exact) mass is 149 g/mol. The minimum atomic E-state index is 0. The summed E-state index contributed by atoms with van der Waals surface area (Å²) < 4.78 is 0. The minimum absolute atomic E-state index is 0. The van der Waals surface area contributed by atoms with Crippen molar-refractivity contribution in [1.29, 1.82) is 0 Å². The standard InChI is InChI=1S/C9H19N.Li.H/c1-7-5-6-9(3,4)10-8(7)2;;/h7-8,10H,5-6H2,1-4H3;;. The molecule has 0 saturated carbocycles. The predicted octanol–water partition coefficient (Wildman–Crippen LogP) is 1.52. The molecule has 11 heavy (non-hydrogen) atoms. The molecule has 0 radical (unpaired) electrons. The van der Waals surface area contributed by atoms with Crippen molar-refractivity contribution in [2.45, 2.75) is 52.1 Å². The molecule has 1 N–H and O–H groups in total. The van der Waals surface area contributed by atoms with Crippen LogP contribution < -0.4 is 5.32 Å². The van der Waals surface area contributed by atoms with Crippen molar-refractivity contribution >= 4 is 18.9 Å². The molecule has 1 aliphatic heterocycles. The van der Waals surface area contributed by atoms with Crippen molar-refractivity contribution in [2.75, 3.05) is 0 Å². The van der Waals surface area contributed by atoms with E-state index >= 15 is 0 Å². The zero-order valence-corrected chi connectivity index (χ0v) is 7.57. The van der Waals surface area contributed by atoms with E-state index in [-0.39, 0.29) is 18.9 Å². The summed E-state index contributed by atoms with van der Waals surface area (Å²) >= 11 is 0. The molecule has 0 spiro atoms. The zero-order chi connectivity index (χ0) is 7.78. The Hall–Kier alpha value is 0.557. The van der Waals surface area contributed by atoms with E-state index in [2.05, 4.69) is 33.0 Å². The van der Waals surface area contributed by atoms with Crippen LogP contribution in [-0.4, -0.2) is 30.4 Å². The summed E-state index contributed by atoms with van der Waals surface area (Å²) in [6.45, 7) is 9.18. The SMILES string of the molecule is CC1CCC(C)(C)NC1C.[LiH]. The van der Waals surface area contributed by atoms with Crippen LogP contribution in [-0.2, 0) is 0 Å². The second-order valence-electron chi connectivity index (χ2n) is 4.33. The maximum absolute atomic E-state index is 3.61. The Morgan fingerprint density at radius 2 is 1.82 bits per heavy atom. The molecular weight excluding hydrogens is 129 g/mol. The van der Waals surface area contributed by atoms with Crippen molar-refractivity contribution in [2.24, 2.45) is 5.92 Å². The van der Waals surface area contributed by atoms with Gasteiger partial charge in [-0.15, -0.1) is 0 Å². The average Bonchev–Trinajstić information content (AvgIpc) is 1.79. The molecule has 2 heteroatoms. The first-order chi connectivity index (χ1) is 4.51. The van der Waals surface area contributed by atoms with Crippen molar-refractivity contribution in [1.82, 2.24) is 5.32 Å². The molecule has 2 atom stereocenters. The Balaban J connectivity index is 0.000001000. The first kappa shape index (κ1) is 11.6. The van der Waals surface area contributed by atoms with E-state index in [0.29, 0.717) is 11.6 Å². The normalized spacial score (nSPS) is 36.0. The van der Waals surface area contributed by atoms with Gasteiger partial charge >= 0.3 is 18.9 Å². The second-order valence-corrected chi connectivity index (χ2v) is 4.33. The van der Waals surface area contributed by atoms with E-state index in [1.807, 2.05) is 0 Å². The predicted molar refractivity (Wildman–Crippen MR) is 52.2 cm³/mol. The molecule has 2 unspecified atom stereocenters. The van der Waals surface area contributed by atoms with Gasteiger partial charge in [-0.3, -0.25) is 0 Å². The van der Waals surface area contributed by atoms with Crippen molar-refractivity contribution < 1.29 is 0 Å². The first-order valence-corrected chi connectivity index (χ1v) is 4.29. The summed E-state index contributed by atoms with van der Waals surface area (Å²) in [5, 5.41) is 3.61. The zero-order valence-electron chi connectivity index (χ0n) is 7.57. The van der Waals surface area contributed by atoms with Crippen LogP contribution in [0.4, 0.5) is 0 Å². The first-order valence-electron chi connectivity index (χ1n) is 4.29. The van der Waals surface area contributed by atoms with Crippen LogP contribution in [0.2, 0.25) is 0 Å². The third kappa shape index (κ3) is 3.19. The van der Waals surface area contributed by atoms with Gasteiger partial charge in [-0.2, -0.15) is 0 Å². The van der Waals surface area contributed by atoms with Gasteiger partial charge < -0.3 is 5.32 Å². The fourth-order valence-electron chi connectivity index (χ4n) is 1.67. The number of rotatable bonds is 0. The Kier molecular flexibility index (Phi) is 4.19. The fraction of sp³-hybridized carbons (Fsp3) is 1.00. The Morgan fingerprint density at radius 1 is 1.27 bits per heavy atom. The topological polar surface area (TPSA) is 12.0 Å². The number of hydrogen-bond donors (Lipinski definition) is 1. The average molecular weight is 149 g/mol. The van der Waals surface area contributed by atoms with E-state index in [0.717, 1.165) is 5.92 Å². The molecule has 0 aliphatic carbocycles. The molecule has 62 valence electrons. The molecule has 0 aromatic rings. The molecule has 1 rings (SSSR count). The van der Waals surface area contributed by atoms with E-state index in [1.54, 1.807) is 0 Å². The van der Waals surface area contributed by atoms with Crippen molar-refractivity contribution in [3.63, 3.8) is 0 Å². The van der Waals surface area contributed by atoms with Crippen LogP contribution in [0.15, 0.2) is 0 Å². The van der Waals surface area contributed by atoms with Crippen LogP contribution in [0.25, 0.3) is 0 Å². The number of hydrogen-bond acceptors (Lipinski definition) is 1. The summed E-state index contributed by atoms with van der Waals surface area (Å²) in [5.74, 6) is 0.855. The summed E-state index contributed by atoms with van der Waals surface area (Å²) in [4.78, 5) is 0. The van der Waals surface area contributed by atoms with Gasteiger partial charge in [-0.1, -0.05) is 6.92 Å². The van der Waals surface area contributed by atoms with Gasteiger partial charge in [0.2, 0.25) is 0 Å². The molecule has 1 fully saturated rings. The van der Waals surface area contributed by atoms with Crippen molar-refractivity contribution in [3.8, 4) is 0 Å². The van der Waals surface area contributed by atoms with Gasteiger partial charge in [0.15, 0.2) is 0 Å². The van der Waals surface area contributed by atoms with Gasteiger partial charge in [0.05, 0.1) is 0 Å². The van der Waals surface area contributed by atoms with Crippen LogP contribution in [0.3, 0.4) is 0 Å². The van der Waals surface area contributed by atoms with Crippen LogP contribution in [0, 0.1) is 5.92 Å². The molecule has 0 bridgehead atoms. The van der Waals surface area contributed by atoms with Crippen molar-refractivity contribution in [3.05, 3.63) is 0 Å². The third-order valence-electron chi connectivity index (χ3n) is 2.70. The second kappa shape index (κ2) is 3.98. The molecule has 0 aromatic heterocycles. The van der Waals surface area contributed by atoms with E-state index in [9.17, 15) is 0 Å². The van der Waals surface area contributed by atoms with E-state index in [4.69, 9.17) is 0 Å². The van der Waals surface area contributed by atoms with E-state index < -0.39 is 0 Å². The Bertz CT molecular complexity index is 123. The molecule has 0 amide bonds. The summed E-state index contributed by atoms with van der Waals surface area (Å²) in [6.07, 6.45) is 2.69. The van der Waals surface area contributed by atoms with Crippen LogP contribution in [0.1, 0.15) is 40.5 Å². The van der Waals surface area contributed by atoms with Gasteiger partial charge in [-0.25, -0.2) is 0 Å². The van der Waals surface area contributed by atoms with Crippen LogP contribution >= 0.6 is 0 Å². The maximum atomic E-state index is 3.61. The number of piperidine rings is 1. The molecule has 1 saturated heterocycles. The summed E-state index contributed by atoms with van der Waals surface area (Å²) in [7, 11) is 0. The third-order valence-corrected chi connectivity index (χ3v) is 2.70. The summed E-state index contributed by atoms with van der Waals surface area (Å²) in [5.41, 5.74) is 0.381.